The molecule has 0 amide bonds. The Balaban J connectivity index is 1.89. The number of nitrogens with zero attached hydrogens (tertiary/aromatic N) is 2. The van der Waals surface area contributed by atoms with Crippen LogP contribution in [0, 0.1) is 0 Å². The standard InChI is InChI=1S/C24H16N2O/c1-2-8-17(9-3-1)27-24-20-12-6-4-10-18(20)23(22-16-25-14-15-26-22)19-11-5-7-13-21(19)24/h1-16H. The minimum atomic E-state index is 0.819. The maximum atomic E-state index is 6.36. The summed E-state index contributed by atoms with van der Waals surface area (Å²) in [6.07, 6.45) is 5.24. The van der Waals surface area contributed by atoms with Gasteiger partial charge in [0.1, 0.15) is 11.5 Å². The minimum Gasteiger partial charge on any atom is -0.456 e. The number of hydrogen-bond donors (Lipinski definition) is 0. The third-order valence-corrected chi connectivity index (χ3v) is 4.66. The van der Waals surface area contributed by atoms with Crippen LogP contribution in [0.1, 0.15) is 0 Å². The first-order chi connectivity index (χ1) is 13.4. The molecule has 27 heavy (non-hydrogen) atoms. The number of hydrogen-bond acceptors (Lipinski definition) is 3. The van der Waals surface area contributed by atoms with Crippen LogP contribution in [0.2, 0.25) is 0 Å². The van der Waals surface area contributed by atoms with Gasteiger partial charge in [-0.2, -0.15) is 0 Å². The summed E-state index contributed by atoms with van der Waals surface area (Å²) >= 11 is 0. The second-order valence-corrected chi connectivity index (χ2v) is 6.30. The second-order valence-electron chi connectivity index (χ2n) is 6.30. The average molecular weight is 348 g/mol. The number of para-hydroxylation sites is 1. The molecule has 0 aliphatic heterocycles. The third-order valence-electron chi connectivity index (χ3n) is 4.66. The Hall–Kier alpha value is -3.72. The van der Waals surface area contributed by atoms with E-state index >= 15 is 0 Å². The zero-order valence-electron chi connectivity index (χ0n) is 14.5. The molecule has 0 saturated heterocycles. The molecule has 5 rings (SSSR count). The molecule has 1 heterocycles. The van der Waals surface area contributed by atoms with Gasteiger partial charge in [-0.3, -0.25) is 9.97 Å². The number of fused-ring (bicyclic) bond motifs is 2. The van der Waals surface area contributed by atoms with Crippen molar-refractivity contribution < 1.29 is 4.74 Å². The van der Waals surface area contributed by atoms with Crippen LogP contribution in [0.4, 0.5) is 0 Å². The van der Waals surface area contributed by atoms with Gasteiger partial charge < -0.3 is 4.74 Å². The van der Waals surface area contributed by atoms with Gasteiger partial charge in [-0.05, 0) is 22.9 Å². The zero-order chi connectivity index (χ0) is 18.1. The summed E-state index contributed by atoms with van der Waals surface area (Å²) in [7, 11) is 0. The fourth-order valence-corrected chi connectivity index (χ4v) is 3.51. The molecule has 5 aromatic rings. The Morgan fingerprint density at radius 2 is 1.19 bits per heavy atom. The van der Waals surface area contributed by atoms with Gasteiger partial charge in [0, 0.05) is 28.7 Å². The molecular weight excluding hydrogens is 332 g/mol. The van der Waals surface area contributed by atoms with Crippen molar-refractivity contribution in [3.8, 4) is 22.8 Å². The fraction of sp³-hybridized carbons (Fsp3) is 0. The maximum Gasteiger partial charge on any atom is 0.143 e. The molecule has 3 nitrogen and oxygen atoms in total. The predicted molar refractivity (Wildman–Crippen MR) is 109 cm³/mol. The molecule has 128 valence electrons. The highest BCUT2D eigenvalue weighted by Gasteiger charge is 2.17. The van der Waals surface area contributed by atoms with E-state index in [4.69, 9.17) is 4.74 Å². The van der Waals surface area contributed by atoms with Crippen molar-refractivity contribution in [2.45, 2.75) is 0 Å². The molecule has 0 aliphatic carbocycles. The summed E-state index contributed by atoms with van der Waals surface area (Å²) in [4.78, 5) is 8.83. The monoisotopic (exact) mass is 348 g/mol. The van der Waals surface area contributed by atoms with E-state index in [0.717, 1.165) is 44.3 Å². The maximum absolute atomic E-state index is 6.36. The predicted octanol–water partition coefficient (Wildman–Crippen LogP) is 6.24. The van der Waals surface area contributed by atoms with Crippen LogP contribution in [-0.4, -0.2) is 9.97 Å². The summed E-state index contributed by atoms with van der Waals surface area (Å²) in [5.74, 6) is 1.68. The first-order valence-corrected chi connectivity index (χ1v) is 8.84. The van der Waals surface area contributed by atoms with Gasteiger partial charge in [0.25, 0.3) is 0 Å². The molecule has 0 unspecified atom stereocenters. The Bertz CT molecular complexity index is 1180. The van der Waals surface area contributed by atoms with Crippen molar-refractivity contribution in [1.29, 1.82) is 0 Å². The van der Waals surface area contributed by atoms with Gasteiger partial charge in [-0.1, -0.05) is 66.7 Å². The fourth-order valence-electron chi connectivity index (χ4n) is 3.51. The van der Waals surface area contributed by atoms with Gasteiger partial charge in [0.05, 0.1) is 11.9 Å². The van der Waals surface area contributed by atoms with Gasteiger partial charge >= 0.3 is 0 Å². The Morgan fingerprint density at radius 1 is 0.593 bits per heavy atom. The van der Waals surface area contributed by atoms with E-state index in [2.05, 4.69) is 34.2 Å². The molecule has 0 aliphatic rings. The topological polar surface area (TPSA) is 35.0 Å². The first-order valence-electron chi connectivity index (χ1n) is 8.84. The molecule has 0 fully saturated rings. The highest BCUT2D eigenvalue weighted by Crippen LogP contribution is 2.43. The van der Waals surface area contributed by atoms with E-state index in [0.29, 0.717) is 0 Å². The highest BCUT2D eigenvalue weighted by atomic mass is 16.5. The molecule has 0 atom stereocenters. The number of benzene rings is 4. The van der Waals surface area contributed by atoms with Crippen molar-refractivity contribution >= 4 is 21.5 Å². The van der Waals surface area contributed by atoms with E-state index in [1.54, 1.807) is 12.4 Å². The Morgan fingerprint density at radius 3 is 1.78 bits per heavy atom. The van der Waals surface area contributed by atoms with Crippen LogP contribution in [0.25, 0.3) is 32.8 Å². The van der Waals surface area contributed by atoms with E-state index in [1.165, 1.54) is 0 Å². The van der Waals surface area contributed by atoms with Gasteiger partial charge in [-0.25, -0.2) is 0 Å². The summed E-state index contributed by atoms with van der Waals surface area (Å²) in [5.41, 5.74) is 1.94. The molecule has 0 bridgehead atoms. The number of ether oxygens (including phenoxy) is 1. The molecule has 3 heteroatoms. The molecule has 0 radical (unpaired) electrons. The summed E-state index contributed by atoms with van der Waals surface area (Å²) in [6, 6.07) is 26.5. The van der Waals surface area contributed by atoms with Crippen LogP contribution in [0.5, 0.6) is 11.5 Å². The smallest absolute Gasteiger partial charge is 0.143 e. The normalized spacial score (nSPS) is 11.0. The van der Waals surface area contributed by atoms with Crippen LogP contribution >= 0.6 is 0 Å². The van der Waals surface area contributed by atoms with E-state index in [1.807, 2.05) is 60.8 Å². The Kier molecular flexibility index (Phi) is 3.76. The zero-order valence-corrected chi connectivity index (χ0v) is 14.5. The van der Waals surface area contributed by atoms with Gasteiger partial charge in [-0.15, -0.1) is 0 Å². The average Bonchev–Trinajstić information content (AvgIpc) is 2.75. The van der Waals surface area contributed by atoms with Crippen LogP contribution < -0.4 is 4.74 Å². The molecular formula is C24H16N2O. The lowest BCUT2D eigenvalue weighted by Gasteiger charge is -2.16. The van der Waals surface area contributed by atoms with E-state index < -0.39 is 0 Å². The van der Waals surface area contributed by atoms with Crippen LogP contribution in [-0.2, 0) is 0 Å². The van der Waals surface area contributed by atoms with Crippen molar-refractivity contribution in [3.05, 3.63) is 97.5 Å². The lowest BCUT2D eigenvalue weighted by atomic mass is 9.94. The van der Waals surface area contributed by atoms with E-state index in [-0.39, 0.29) is 0 Å². The van der Waals surface area contributed by atoms with Crippen molar-refractivity contribution in [1.82, 2.24) is 9.97 Å². The first kappa shape index (κ1) is 15.5. The number of rotatable bonds is 3. The van der Waals surface area contributed by atoms with Gasteiger partial charge in [0.2, 0.25) is 0 Å². The molecule has 4 aromatic carbocycles. The highest BCUT2D eigenvalue weighted by molar-refractivity contribution is 6.16. The summed E-state index contributed by atoms with van der Waals surface area (Å²) in [5, 5.41) is 4.31. The van der Waals surface area contributed by atoms with Gasteiger partial charge in [0.15, 0.2) is 0 Å². The Labute approximate surface area is 156 Å². The lowest BCUT2D eigenvalue weighted by Crippen LogP contribution is -1.93. The van der Waals surface area contributed by atoms with Crippen LogP contribution in [0.3, 0.4) is 0 Å². The van der Waals surface area contributed by atoms with E-state index in [9.17, 15) is 0 Å². The van der Waals surface area contributed by atoms with Crippen molar-refractivity contribution in [3.63, 3.8) is 0 Å². The second kappa shape index (κ2) is 6.54. The quantitative estimate of drug-likeness (QED) is 0.362. The number of aromatic nitrogens is 2. The van der Waals surface area contributed by atoms with Crippen molar-refractivity contribution in [2.24, 2.45) is 0 Å². The largest absolute Gasteiger partial charge is 0.456 e. The van der Waals surface area contributed by atoms with Crippen molar-refractivity contribution in [2.75, 3.05) is 0 Å². The molecule has 0 spiro atoms. The molecule has 0 saturated carbocycles. The van der Waals surface area contributed by atoms with Crippen LogP contribution in [0.15, 0.2) is 97.5 Å². The SMILES string of the molecule is c1ccc(Oc2c3ccccc3c(-c3cnccn3)c3ccccc23)cc1. The molecule has 0 N–H and O–H groups in total. The lowest BCUT2D eigenvalue weighted by molar-refractivity contribution is 0.494. The minimum absolute atomic E-state index is 0.819. The summed E-state index contributed by atoms with van der Waals surface area (Å²) < 4.78 is 6.36. The molecule has 1 aromatic heterocycles. The summed E-state index contributed by atoms with van der Waals surface area (Å²) in [6.45, 7) is 0. The third kappa shape index (κ3) is 2.70.